The highest BCUT2D eigenvalue weighted by Crippen LogP contribution is 2.42. The molecule has 0 rings (SSSR count). The number of phosphoric acid groups is 1. The number of nitrogens with one attached hydrogen (secondary N) is 1. The Morgan fingerprint density at radius 2 is 1.02 bits per heavy atom. The smallest absolute Gasteiger partial charge is 0.463 e. The molecular formula is C40H78NO8P. The Hall–Kier alpha value is -1.25. The lowest BCUT2D eigenvalue weighted by atomic mass is 10.0. The molecule has 0 bridgehead atoms. The van der Waals surface area contributed by atoms with Gasteiger partial charge in [0.25, 0.3) is 0 Å². The molecule has 10 heteroatoms. The molecule has 1 amide bonds. The van der Waals surface area contributed by atoms with Crippen molar-refractivity contribution in [2.45, 2.75) is 206 Å². The van der Waals surface area contributed by atoms with Gasteiger partial charge >= 0.3 is 13.8 Å². The second-order valence-electron chi connectivity index (χ2n) is 14.0. The second-order valence-corrected chi connectivity index (χ2v) is 15.4. The SMILES string of the molecule is CCCCCCC/C=C\CCCCCCCC(=O)OCC(O)COP(=O)(O)OCCNC(=O)CCCCCCCCCCCCCCCCC. The van der Waals surface area contributed by atoms with Gasteiger partial charge in [-0.1, -0.05) is 161 Å². The molecular weight excluding hydrogens is 653 g/mol. The molecule has 0 radical (unpaired) electrons. The second kappa shape index (κ2) is 37.5. The molecule has 0 spiro atoms. The topological polar surface area (TPSA) is 131 Å². The summed E-state index contributed by atoms with van der Waals surface area (Å²) in [5, 5.41) is 12.7. The van der Waals surface area contributed by atoms with Crippen molar-refractivity contribution in [3.05, 3.63) is 12.2 Å². The minimum absolute atomic E-state index is 0.0853. The van der Waals surface area contributed by atoms with Gasteiger partial charge in [0.05, 0.1) is 13.2 Å². The summed E-state index contributed by atoms with van der Waals surface area (Å²) in [6.45, 7) is 3.55. The normalized spacial score (nSPS) is 13.4. The first-order valence-electron chi connectivity index (χ1n) is 20.7. The van der Waals surface area contributed by atoms with Crippen molar-refractivity contribution < 1.29 is 37.9 Å². The molecule has 0 aromatic rings. The first-order valence-corrected chi connectivity index (χ1v) is 22.2. The summed E-state index contributed by atoms with van der Waals surface area (Å²) >= 11 is 0. The molecule has 9 nitrogen and oxygen atoms in total. The summed E-state index contributed by atoms with van der Waals surface area (Å²) in [4.78, 5) is 33.8. The van der Waals surface area contributed by atoms with Crippen LogP contribution in [0.2, 0.25) is 0 Å². The molecule has 0 aliphatic carbocycles. The van der Waals surface area contributed by atoms with Crippen molar-refractivity contribution >= 4 is 19.7 Å². The van der Waals surface area contributed by atoms with Crippen LogP contribution >= 0.6 is 7.82 Å². The Balaban J connectivity index is 3.59. The maximum Gasteiger partial charge on any atom is 0.472 e. The molecule has 0 aliphatic heterocycles. The van der Waals surface area contributed by atoms with Crippen molar-refractivity contribution in [2.75, 3.05) is 26.4 Å². The fourth-order valence-electron chi connectivity index (χ4n) is 5.79. The number of carbonyl (C=O) groups excluding carboxylic acids is 2. The van der Waals surface area contributed by atoms with E-state index in [0.717, 1.165) is 57.8 Å². The lowest BCUT2D eigenvalue weighted by molar-refractivity contribution is -0.147. The maximum absolute atomic E-state index is 12.1. The molecule has 0 heterocycles. The van der Waals surface area contributed by atoms with Crippen LogP contribution in [0.5, 0.6) is 0 Å². The standard InChI is InChI=1S/C40H78NO8P/c1-3-5-7-9-11-13-15-17-19-20-22-24-26-28-30-32-39(43)41-34-35-48-50(45,46)49-37-38(42)36-47-40(44)33-31-29-27-25-23-21-18-16-14-12-10-8-6-4-2/h16,18,38,42H,3-15,17,19-37H2,1-2H3,(H,41,43)(H,45,46)/b18-16-. The number of rotatable bonds is 39. The summed E-state index contributed by atoms with van der Waals surface area (Å²) in [5.41, 5.74) is 0. The lowest BCUT2D eigenvalue weighted by Gasteiger charge is -2.15. The van der Waals surface area contributed by atoms with Crippen LogP contribution in [-0.2, 0) is 27.9 Å². The van der Waals surface area contributed by atoms with E-state index in [1.165, 1.54) is 116 Å². The van der Waals surface area contributed by atoms with Crippen LogP contribution in [0.1, 0.15) is 200 Å². The predicted octanol–water partition coefficient (Wildman–Crippen LogP) is 11.0. The zero-order valence-electron chi connectivity index (χ0n) is 32.4. The number of carbonyl (C=O) groups is 2. The van der Waals surface area contributed by atoms with E-state index in [-0.39, 0.29) is 32.1 Å². The molecule has 0 saturated carbocycles. The first kappa shape index (κ1) is 48.8. The molecule has 0 aromatic carbocycles. The number of unbranched alkanes of at least 4 members (excludes halogenated alkanes) is 24. The summed E-state index contributed by atoms with van der Waals surface area (Å²) < 4.78 is 26.8. The van der Waals surface area contributed by atoms with Gasteiger partial charge in [0.15, 0.2) is 0 Å². The van der Waals surface area contributed by atoms with Crippen LogP contribution in [-0.4, -0.2) is 54.3 Å². The molecule has 2 unspecified atom stereocenters. The van der Waals surface area contributed by atoms with Crippen molar-refractivity contribution in [1.82, 2.24) is 5.32 Å². The van der Waals surface area contributed by atoms with Crippen molar-refractivity contribution in [2.24, 2.45) is 0 Å². The van der Waals surface area contributed by atoms with Crippen molar-refractivity contribution in [3.8, 4) is 0 Å². The number of allylic oxidation sites excluding steroid dienone is 2. The minimum Gasteiger partial charge on any atom is -0.463 e. The lowest BCUT2D eigenvalue weighted by Crippen LogP contribution is -2.27. The highest BCUT2D eigenvalue weighted by Gasteiger charge is 2.23. The van der Waals surface area contributed by atoms with Crippen molar-refractivity contribution in [3.63, 3.8) is 0 Å². The Morgan fingerprint density at radius 3 is 1.50 bits per heavy atom. The average molecular weight is 732 g/mol. The van der Waals surface area contributed by atoms with Crippen LogP contribution in [0.15, 0.2) is 12.2 Å². The summed E-state index contributed by atoms with van der Waals surface area (Å²) in [6, 6.07) is 0. The number of aliphatic hydroxyl groups is 1. The first-order chi connectivity index (χ1) is 24.3. The molecule has 2 atom stereocenters. The van der Waals surface area contributed by atoms with Crippen LogP contribution in [0.25, 0.3) is 0 Å². The van der Waals surface area contributed by atoms with E-state index in [2.05, 4.69) is 31.3 Å². The van der Waals surface area contributed by atoms with E-state index >= 15 is 0 Å². The summed E-state index contributed by atoms with van der Waals surface area (Å²) in [7, 11) is -4.41. The molecule has 0 fully saturated rings. The van der Waals surface area contributed by atoms with Gasteiger partial charge in [-0.15, -0.1) is 0 Å². The summed E-state index contributed by atoms with van der Waals surface area (Å²) in [6.07, 6.45) is 37.1. The van der Waals surface area contributed by atoms with Gasteiger partial charge in [-0.05, 0) is 38.5 Å². The number of esters is 1. The number of phosphoric ester groups is 1. The largest absolute Gasteiger partial charge is 0.472 e. The van der Waals surface area contributed by atoms with Gasteiger partial charge in [-0.3, -0.25) is 18.6 Å². The third-order valence-electron chi connectivity index (χ3n) is 8.95. The number of hydrogen-bond acceptors (Lipinski definition) is 7. The molecule has 50 heavy (non-hydrogen) atoms. The highest BCUT2D eigenvalue weighted by molar-refractivity contribution is 7.47. The van der Waals surface area contributed by atoms with Gasteiger partial charge in [0, 0.05) is 19.4 Å². The highest BCUT2D eigenvalue weighted by atomic mass is 31.2. The number of ether oxygens (including phenoxy) is 1. The van der Waals surface area contributed by atoms with Crippen molar-refractivity contribution in [1.29, 1.82) is 0 Å². The fourth-order valence-corrected chi connectivity index (χ4v) is 6.54. The van der Waals surface area contributed by atoms with Gasteiger partial charge in [-0.2, -0.15) is 0 Å². The van der Waals surface area contributed by atoms with E-state index < -0.39 is 26.5 Å². The summed E-state index contributed by atoms with van der Waals surface area (Å²) in [5.74, 6) is -0.518. The maximum atomic E-state index is 12.1. The van der Waals surface area contributed by atoms with E-state index in [4.69, 9.17) is 13.8 Å². The van der Waals surface area contributed by atoms with Gasteiger partial charge in [0.1, 0.15) is 12.7 Å². The predicted molar refractivity (Wildman–Crippen MR) is 206 cm³/mol. The van der Waals surface area contributed by atoms with Gasteiger partial charge < -0.3 is 20.1 Å². The van der Waals surface area contributed by atoms with E-state index in [1.807, 2.05) is 0 Å². The molecule has 0 aromatic heterocycles. The van der Waals surface area contributed by atoms with Gasteiger partial charge in [-0.25, -0.2) is 4.57 Å². The third-order valence-corrected chi connectivity index (χ3v) is 9.93. The number of amides is 1. The van der Waals surface area contributed by atoms with E-state index in [9.17, 15) is 24.2 Å². The molecule has 296 valence electrons. The third kappa shape index (κ3) is 38.0. The monoisotopic (exact) mass is 732 g/mol. The Bertz CT molecular complexity index is 840. The number of aliphatic hydroxyl groups excluding tert-OH is 1. The zero-order valence-corrected chi connectivity index (χ0v) is 33.3. The average Bonchev–Trinajstić information content (AvgIpc) is 3.10. The Morgan fingerprint density at radius 1 is 0.600 bits per heavy atom. The van der Waals surface area contributed by atoms with Crippen LogP contribution < -0.4 is 5.32 Å². The Labute approximate surface area is 307 Å². The fraction of sp³-hybridized carbons (Fsp3) is 0.900. The van der Waals surface area contributed by atoms with Gasteiger partial charge in [0.2, 0.25) is 5.91 Å². The number of hydrogen-bond donors (Lipinski definition) is 3. The zero-order chi connectivity index (χ0) is 36.8. The van der Waals surface area contributed by atoms with Crippen LogP contribution in [0, 0.1) is 0 Å². The Kier molecular flexibility index (Phi) is 36.6. The molecule has 0 aliphatic rings. The van der Waals surface area contributed by atoms with Crippen LogP contribution in [0.4, 0.5) is 0 Å². The van der Waals surface area contributed by atoms with E-state index in [0.29, 0.717) is 6.42 Å². The molecule has 0 saturated heterocycles. The minimum atomic E-state index is -4.41. The quantitative estimate of drug-likeness (QED) is 0.0246. The van der Waals surface area contributed by atoms with E-state index in [1.54, 1.807) is 0 Å². The molecule has 3 N–H and O–H groups in total. The van der Waals surface area contributed by atoms with Crippen LogP contribution in [0.3, 0.4) is 0 Å².